The summed E-state index contributed by atoms with van der Waals surface area (Å²) in [5.41, 5.74) is 2.73. The summed E-state index contributed by atoms with van der Waals surface area (Å²) in [7, 11) is 0. The predicted octanol–water partition coefficient (Wildman–Crippen LogP) is 3.52. The molecule has 1 aliphatic rings. The molecule has 0 radical (unpaired) electrons. The minimum absolute atomic E-state index is 0.438. The first-order valence-electron chi connectivity index (χ1n) is 7.18. The second kappa shape index (κ2) is 4.84. The van der Waals surface area contributed by atoms with Gasteiger partial charge in [0.25, 0.3) is 5.89 Å². The van der Waals surface area contributed by atoms with E-state index < -0.39 is 0 Å². The summed E-state index contributed by atoms with van der Waals surface area (Å²) < 4.78 is 11.2. The first-order chi connectivity index (χ1) is 10.3. The summed E-state index contributed by atoms with van der Waals surface area (Å²) in [5.74, 6) is 2.54. The number of rotatable bonds is 2. The van der Waals surface area contributed by atoms with Gasteiger partial charge in [0.2, 0.25) is 5.89 Å². The Morgan fingerprint density at radius 3 is 2.76 bits per heavy atom. The fourth-order valence-electron chi connectivity index (χ4n) is 2.76. The van der Waals surface area contributed by atoms with Crippen molar-refractivity contribution in [1.29, 1.82) is 0 Å². The summed E-state index contributed by atoms with van der Waals surface area (Å²) in [5, 5.41) is 12.4. The zero-order valence-electron chi connectivity index (χ0n) is 11.7. The molecule has 21 heavy (non-hydrogen) atoms. The Hall–Kier alpha value is -2.43. The predicted molar refractivity (Wildman–Crippen MR) is 76.4 cm³/mol. The Labute approximate surface area is 122 Å². The van der Waals surface area contributed by atoms with E-state index >= 15 is 0 Å². The summed E-state index contributed by atoms with van der Waals surface area (Å²) in [4.78, 5) is 0. The van der Waals surface area contributed by atoms with Crippen LogP contribution in [0.3, 0.4) is 0 Å². The van der Waals surface area contributed by atoms with Gasteiger partial charge in [0, 0.05) is 17.5 Å². The van der Waals surface area contributed by atoms with E-state index in [1.54, 1.807) is 0 Å². The molecule has 0 N–H and O–H groups in total. The van der Waals surface area contributed by atoms with Gasteiger partial charge >= 0.3 is 0 Å². The summed E-state index contributed by atoms with van der Waals surface area (Å²) >= 11 is 0. The second-order valence-corrected chi connectivity index (χ2v) is 5.56. The molecule has 0 saturated carbocycles. The van der Waals surface area contributed by atoms with Crippen LogP contribution in [0, 0.1) is 5.92 Å². The normalized spacial score (nSPS) is 17.7. The van der Waals surface area contributed by atoms with Crippen LogP contribution in [0.1, 0.15) is 24.7 Å². The molecule has 106 valence electrons. The molecule has 0 saturated heterocycles. The highest BCUT2D eigenvalue weighted by Crippen LogP contribution is 2.33. The Bertz CT molecular complexity index is 761. The van der Waals surface area contributed by atoms with Crippen LogP contribution in [0.25, 0.3) is 23.0 Å². The Morgan fingerprint density at radius 2 is 1.90 bits per heavy atom. The molecule has 4 rings (SSSR count). The quantitative estimate of drug-likeness (QED) is 0.719. The van der Waals surface area contributed by atoms with Crippen molar-refractivity contribution < 1.29 is 8.94 Å². The molecule has 0 aliphatic heterocycles. The van der Waals surface area contributed by atoms with Gasteiger partial charge in [-0.05, 0) is 30.9 Å². The Kier molecular flexibility index (Phi) is 2.84. The summed E-state index contributed by atoms with van der Waals surface area (Å²) in [6, 6.07) is 9.73. The molecule has 1 aromatic carbocycles. The van der Waals surface area contributed by atoms with Gasteiger partial charge in [-0.2, -0.15) is 0 Å². The molecular formula is C16H15N3O2. The summed E-state index contributed by atoms with van der Waals surface area (Å²) in [6.45, 7) is 2.24. The second-order valence-electron chi connectivity index (χ2n) is 5.56. The molecule has 3 aromatic rings. The van der Waals surface area contributed by atoms with Crippen LogP contribution in [-0.2, 0) is 12.8 Å². The van der Waals surface area contributed by atoms with Crippen molar-refractivity contribution in [3.8, 4) is 23.0 Å². The van der Waals surface area contributed by atoms with Gasteiger partial charge in [0.1, 0.15) is 5.76 Å². The van der Waals surface area contributed by atoms with Crippen LogP contribution in [0.2, 0.25) is 0 Å². The molecule has 0 bridgehead atoms. The van der Waals surface area contributed by atoms with Gasteiger partial charge in [0.15, 0.2) is 5.69 Å². The molecule has 1 atom stereocenters. The maximum Gasteiger partial charge on any atom is 0.270 e. The monoisotopic (exact) mass is 281 g/mol. The van der Waals surface area contributed by atoms with Crippen molar-refractivity contribution in [3.63, 3.8) is 0 Å². The molecular weight excluding hydrogens is 266 g/mol. The fourth-order valence-corrected chi connectivity index (χ4v) is 2.76. The number of aryl methyl sites for hydroxylation is 1. The first-order valence-corrected chi connectivity index (χ1v) is 7.18. The third kappa shape index (κ3) is 2.14. The highest BCUT2D eigenvalue weighted by Gasteiger charge is 2.27. The van der Waals surface area contributed by atoms with Gasteiger partial charge in [-0.1, -0.05) is 30.3 Å². The zero-order valence-corrected chi connectivity index (χ0v) is 11.7. The summed E-state index contributed by atoms with van der Waals surface area (Å²) in [6.07, 6.45) is 3.03. The van der Waals surface area contributed by atoms with Crippen molar-refractivity contribution >= 4 is 0 Å². The SMILES string of the molecule is CC1CCc2onc(-c3nnc(-c4ccccc4)o3)c2C1. The standard InChI is InChI=1S/C16H15N3O2/c1-10-7-8-13-12(9-10)14(19-21-13)16-18-17-15(20-16)11-5-3-2-4-6-11/h2-6,10H,7-9H2,1H3. The van der Waals surface area contributed by atoms with Crippen LogP contribution in [0.15, 0.2) is 39.3 Å². The van der Waals surface area contributed by atoms with Crippen molar-refractivity contribution in [2.24, 2.45) is 5.92 Å². The van der Waals surface area contributed by atoms with Crippen molar-refractivity contribution in [3.05, 3.63) is 41.7 Å². The molecule has 1 unspecified atom stereocenters. The largest absolute Gasteiger partial charge is 0.414 e. The lowest BCUT2D eigenvalue weighted by molar-refractivity contribution is 0.356. The van der Waals surface area contributed by atoms with Gasteiger partial charge in [0.05, 0.1) is 0 Å². The van der Waals surface area contributed by atoms with E-state index in [0.29, 0.717) is 23.4 Å². The topological polar surface area (TPSA) is 65.0 Å². The third-order valence-electron chi connectivity index (χ3n) is 3.93. The minimum atomic E-state index is 0.438. The van der Waals surface area contributed by atoms with Crippen LogP contribution >= 0.6 is 0 Å². The maximum absolute atomic E-state index is 5.77. The minimum Gasteiger partial charge on any atom is -0.414 e. The molecule has 1 aliphatic carbocycles. The lowest BCUT2D eigenvalue weighted by atomic mass is 9.88. The van der Waals surface area contributed by atoms with Crippen molar-refractivity contribution in [2.45, 2.75) is 26.2 Å². The molecule has 2 aromatic heterocycles. The maximum atomic E-state index is 5.77. The number of nitrogens with zero attached hydrogens (tertiary/aromatic N) is 3. The molecule has 0 fully saturated rings. The average molecular weight is 281 g/mol. The molecule has 5 nitrogen and oxygen atoms in total. The molecule has 0 amide bonds. The van der Waals surface area contributed by atoms with Crippen LogP contribution < -0.4 is 0 Å². The van der Waals surface area contributed by atoms with Crippen LogP contribution in [0.5, 0.6) is 0 Å². The van der Waals surface area contributed by atoms with Gasteiger partial charge in [-0.3, -0.25) is 0 Å². The van der Waals surface area contributed by atoms with Gasteiger partial charge < -0.3 is 8.94 Å². The molecule has 0 spiro atoms. The Morgan fingerprint density at radius 1 is 1.10 bits per heavy atom. The highest BCUT2D eigenvalue weighted by atomic mass is 16.5. The lowest BCUT2D eigenvalue weighted by Crippen LogP contribution is -2.09. The van der Waals surface area contributed by atoms with Gasteiger partial charge in [-0.15, -0.1) is 10.2 Å². The lowest BCUT2D eigenvalue weighted by Gasteiger charge is -2.15. The van der Waals surface area contributed by atoms with Crippen LogP contribution in [0.4, 0.5) is 0 Å². The number of fused-ring (bicyclic) bond motifs is 1. The Balaban J connectivity index is 1.72. The van der Waals surface area contributed by atoms with E-state index in [1.807, 2.05) is 30.3 Å². The first kappa shape index (κ1) is 12.3. The van der Waals surface area contributed by atoms with E-state index in [2.05, 4.69) is 22.3 Å². The highest BCUT2D eigenvalue weighted by molar-refractivity contribution is 5.58. The van der Waals surface area contributed by atoms with E-state index in [4.69, 9.17) is 8.94 Å². The smallest absolute Gasteiger partial charge is 0.270 e. The van der Waals surface area contributed by atoms with E-state index in [1.165, 1.54) is 0 Å². The number of aromatic nitrogens is 3. The van der Waals surface area contributed by atoms with Crippen molar-refractivity contribution in [1.82, 2.24) is 15.4 Å². The van der Waals surface area contributed by atoms with Crippen molar-refractivity contribution in [2.75, 3.05) is 0 Å². The van der Waals surface area contributed by atoms with E-state index in [9.17, 15) is 0 Å². The van der Waals surface area contributed by atoms with E-state index in [0.717, 1.165) is 36.1 Å². The zero-order chi connectivity index (χ0) is 14.2. The number of benzene rings is 1. The average Bonchev–Trinajstić information content (AvgIpc) is 3.14. The number of hydrogen-bond acceptors (Lipinski definition) is 5. The van der Waals surface area contributed by atoms with Gasteiger partial charge in [-0.25, -0.2) is 0 Å². The fraction of sp³-hybridized carbons (Fsp3) is 0.312. The number of hydrogen-bond donors (Lipinski definition) is 0. The van der Waals surface area contributed by atoms with E-state index in [-0.39, 0.29) is 0 Å². The molecule has 2 heterocycles. The molecule has 5 heteroatoms. The van der Waals surface area contributed by atoms with Crippen LogP contribution in [-0.4, -0.2) is 15.4 Å². The third-order valence-corrected chi connectivity index (χ3v) is 3.93.